The van der Waals surface area contributed by atoms with Gasteiger partial charge in [-0.2, -0.15) is 0 Å². The molecule has 0 spiro atoms. The first-order chi connectivity index (χ1) is 12.7. The highest BCUT2D eigenvalue weighted by atomic mass is 16.6. The zero-order valence-electron chi connectivity index (χ0n) is 16.4. The predicted molar refractivity (Wildman–Crippen MR) is 102 cm³/mol. The van der Waals surface area contributed by atoms with E-state index in [1.54, 1.807) is 32.9 Å². The van der Waals surface area contributed by atoms with Gasteiger partial charge < -0.3 is 9.47 Å². The number of amides is 1. The van der Waals surface area contributed by atoms with Gasteiger partial charge in [-0.3, -0.25) is 4.79 Å². The Hall–Kier alpha value is -2.90. The highest BCUT2D eigenvalue weighted by molar-refractivity contribution is 5.83. The smallest absolute Gasteiger partial charge is 0.428 e. The summed E-state index contributed by atoms with van der Waals surface area (Å²) in [5.74, 6) is -0.405. The lowest BCUT2D eigenvalue weighted by Crippen LogP contribution is -2.32. The summed E-state index contributed by atoms with van der Waals surface area (Å²) in [5, 5.41) is 8.04. The number of benzene rings is 1. The summed E-state index contributed by atoms with van der Waals surface area (Å²) in [6.45, 7) is 8.73. The van der Waals surface area contributed by atoms with Gasteiger partial charge in [-0.05, 0) is 44.5 Å². The van der Waals surface area contributed by atoms with Gasteiger partial charge in [0.1, 0.15) is 22.7 Å². The van der Waals surface area contributed by atoms with Gasteiger partial charge in [-0.25, -0.2) is 10.2 Å². The number of nitrogens with one attached hydrogen (secondary N) is 1. The van der Waals surface area contributed by atoms with Crippen molar-refractivity contribution >= 4 is 23.1 Å². The van der Waals surface area contributed by atoms with Gasteiger partial charge in [-0.1, -0.05) is 31.6 Å². The van der Waals surface area contributed by atoms with Crippen molar-refractivity contribution in [2.45, 2.75) is 59.2 Å². The van der Waals surface area contributed by atoms with Crippen molar-refractivity contribution < 1.29 is 19.1 Å². The second-order valence-electron chi connectivity index (χ2n) is 7.08. The van der Waals surface area contributed by atoms with Crippen LogP contribution in [-0.2, 0) is 14.3 Å². The molecule has 1 amide bonds. The number of rotatable bonds is 6. The average Bonchev–Trinajstić information content (AvgIpc) is 2.95. The number of esters is 1. The highest BCUT2D eigenvalue weighted by Gasteiger charge is 2.21. The number of para-hydroxylation sites is 1. The Morgan fingerprint density at radius 1 is 1.33 bits per heavy atom. The Balaban J connectivity index is 2.42. The van der Waals surface area contributed by atoms with E-state index in [0.29, 0.717) is 16.6 Å². The number of nitrogens with zero attached hydrogens (tertiary/aromatic N) is 3. The second kappa shape index (κ2) is 8.66. The monoisotopic (exact) mass is 374 g/mol. The van der Waals surface area contributed by atoms with Crippen LogP contribution in [0.25, 0.3) is 11.0 Å². The maximum Gasteiger partial charge on any atom is 0.428 e. The number of unbranched alkanes of at least 4 members (excludes halogenated alkanes) is 1. The minimum absolute atomic E-state index is 0.405. The molecule has 8 nitrogen and oxygen atoms in total. The lowest BCUT2D eigenvalue weighted by atomic mass is 10.1. The molecule has 2 aromatic rings. The topological polar surface area (TPSA) is 95.3 Å². The van der Waals surface area contributed by atoms with Gasteiger partial charge in [0, 0.05) is 12.5 Å². The largest absolute Gasteiger partial charge is 0.453 e. The number of hydrogen-bond acceptors (Lipinski definition) is 6. The number of fused-ring (bicyclic) bond motifs is 1. The molecule has 1 N–H and O–H groups in total. The molecule has 0 saturated heterocycles. The van der Waals surface area contributed by atoms with E-state index < -0.39 is 23.8 Å². The Bertz CT molecular complexity index is 836. The molecular formula is C19H26N4O4. The third kappa shape index (κ3) is 5.80. The van der Waals surface area contributed by atoms with Crippen molar-refractivity contribution in [2.75, 3.05) is 5.43 Å². The van der Waals surface area contributed by atoms with Gasteiger partial charge >= 0.3 is 12.1 Å². The van der Waals surface area contributed by atoms with Gasteiger partial charge in [0.05, 0.1) is 0 Å². The van der Waals surface area contributed by atoms with Crippen LogP contribution in [0.5, 0.6) is 0 Å². The van der Waals surface area contributed by atoms with E-state index in [4.69, 9.17) is 9.47 Å². The number of ether oxygens (including phenoxy) is 2. The van der Waals surface area contributed by atoms with Crippen molar-refractivity contribution in [1.29, 1.82) is 0 Å². The molecule has 8 heteroatoms. The Morgan fingerprint density at radius 3 is 2.70 bits per heavy atom. The Kier molecular flexibility index (Phi) is 6.55. The molecular weight excluding hydrogens is 348 g/mol. The first-order valence-corrected chi connectivity index (χ1v) is 8.89. The first-order valence-electron chi connectivity index (χ1n) is 8.89. The molecule has 1 aromatic heterocycles. The molecule has 2 rings (SSSR count). The van der Waals surface area contributed by atoms with Crippen molar-refractivity contribution in [1.82, 2.24) is 15.1 Å². The second-order valence-corrected chi connectivity index (χ2v) is 7.08. The third-order valence-corrected chi connectivity index (χ3v) is 3.46. The maximum absolute atomic E-state index is 12.1. The number of aromatic nitrogens is 3. The molecule has 1 atom stereocenters. The number of carbonyl (C=O) groups excluding carboxylic acids is 2. The van der Waals surface area contributed by atoms with E-state index in [-0.39, 0.29) is 0 Å². The minimum atomic E-state index is -0.658. The van der Waals surface area contributed by atoms with Crippen molar-refractivity contribution in [2.24, 2.45) is 0 Å². The number of allylic oxidation sites excluding steroid dienone is 1. The quantitative estimate of drug-likeness (QED) is 0.609. The lowest BCUT2D eigenvalue weighted by Gasteiger charge is -2.20. The molecule has 0 bridgehead atoms. The first kappa shape index (κ1) is 20.4. The van der Waals surface area contributed by atoms with E-state index in [1.807, 2.05) is 18.2 Å². The normalized spacial score (nSPS) is 12.9. The number of carbonyl (C=O) groups is 2. The van der Waals surface area contributed by atoms with Crippen LogP contribution in [0.3, 0.4) is 0 Å². The fourth-order valence-corrected chi connectivity index (χ4v) is 2.46. The molecule has 0 saturated carbocycles. The number of hydrogen-bond donors (Lipinski definition) is 1. The average molecular weight is 374 g/mol. The minimum Gasteiger partial charge on any atom is -0.453 e. The summed E-state index contributed by atoms with van der Waals surface area (Å²) in [6.07, 6.45) is 4.35. The summed E-state index contributed by atoms with van der Waals surface area (Å²) >= 11 is 0. The zero-order valence-corrected chi connectivity index (χ0v) is 16.4. The van der Waals surface area contributed by atoms with Crippen LogP contribution in [0.1, 0.15) is 59.1 Å². The molecule has 1 unspecified atom stereocenters. The maximum atomic E-state index is 12.1. The molecule has 146 valence electrons. The van der Waals surface area contributed by atoms with Gasteiger partial charge in [0.2, 0.25) is 0 Å². The van der Waals surface area contributed by atoms with Gasteiger partial charge in [-0.15, -0.1) is 9.89 Å². The summed E-state index contributed by atoms with van der Waals surface area (Å²) < 4.78 is 10.7. The molecule has 0 fully saturated rings. The molecule has 27 heavy (non-hydrogen) atoms. The lowest BCUT2D eigenvalue weighted by molar-refractivity contribution is -0.144. The van der Waals surface area contributed by atoms with Gasteiger partial charge in [0.25, 0.3) is 0 Å². The van der Waals surface area contributed by atoms with Crippen molar-refractivity contribution in [3.05, 3.63) is 35.9 Å². The van der Waals surface area contributed by atoms with Crippen LogP contribution in [0.15, 0.2) is 30.4 Å². The van der Waals surface area contributed by atoms with E-state index in [9.17, 15) is 9.59 Å². The summed E-state index contributed by atoms with van der Waals surface area (Å²) in [6, 6.07) is 5.37. The summed E-state index contributed by atoms with van der Waals surface area (Å²) in [4.78, 5) is 24.9. The molecule has 0 radical (unpaired) electrons. The SMILES string of the molecule is CCC/C=C/C(OC(C)=O)c1cccc2nnn(NC(=O)OC(C)(C)C)c12. The van der Waals surface area contributed by atoms with E-state index in [1.165, 1.54) is 11.7 Å². The Morgan fingerprint density at radius 2 is 2.07 bits per heavy atom. The van der Waals surface area contributed by atoms with Crippen LogP contribution < -0.4 is 5.43 Å². The van der Waals surface area contributed by atoms with Gasteiger partial charge in [0.15, 0.2) is 0 Å². The van der Waals surface area contributed by atoms with Crippen molar-refractivity contribution in [3.8, 4) is 0 Å². The standard InChI is InChI=1S/C19H26N4O4/c1-6-7-8-12-16(26-13(2)24)14-10-9-11-15-17(14)23(22-20-15)21-18(25)27-19(3,4)5/h8-12,16H,6-7H2,1-5H3,(H,21,25)/b12-8+. The predicted octanol–water partition coefficient (Wildman–Crippen LogP) is 3.87. The molecule has 1 heterocycles. The molecule has 0 aliphatic heterocycles. The zero-order chi connectivity index (χ0) is 20.0. The molecule has 0 aliphatic rings. The fraction of sp³-hybridized carbons (Fsp3) is 0.474. The summed E-state index contributed by atoms with van der Waals surface area (Å²) in [5.41, 5.74) is 3.67. The molecule has 1 aromatic carbocycles. The fourth-order valence-electron chi connectivity index (χ4n) is 2.46. The van der Waals surface area contributed by atoms with Crippen molar-refractivity contribution in [3.63, 3.8) is 0 Å². The van der Waals surface area contributed by atoms with Crippen LogP contribution in [0.2, 0.25) is 0 Å². The van der Waals surface area contributed by atoms with E-state index in [0.717, 1.165) is 12.8 Å². The van der Waals surface area contributed by atoms with Crippen LogP contribution >= 0.6 is 0 Å². The van der Waals surface area contributed by atoms with Crippen LogP contribution in [-0.4, -0.2) is 32.8 Å². The summed E-state index contributed by atoms with van der Waals surface area (Å²) in [7, 11) is 0. The van der Waals surface area contributed by atoms with Crippen LogP contribution in [0, 0.1) is 0 Å². The highest BCUT2D eigenvalue weighted by Crippen LogP contribution is 2.27. The van der Waals surface area contributed by atoms with E-state index >= 15 is 0 Å². The molecule has 0 aliphatic carbocycles. The Labute approximate surface area is 158 Å². The van der Waals surface area contributed by atoms with Crippen LogP contribution in [0.4, 0.5) is 4.79 Å². The van der Waals surface area contributed by atoms with E-state index in [2.05, 4.69) is 22.7 Å². The third-order valence-electron chi connectivity index (χ3n) is 3.46.